The molecule has 0 saturated carbocycles. The molecule has 1 rings (SSSR count). The van der Waals surface area contributed by atoms with E-state index in [-0.39, 0.29) is 5.69 Å². The zero-order chi connectivity index (χ0) is 13.7. The molecule has 0 aromatic carbocycles. The molecule has 9 heteroatoms. The van der Waals surface area contributed by atoms with E-state index in [0.29, 0.717) is 13.1 Å². The monoisotopic (exact) mass is 257 g/mol. The predicted molar refractivity (Wildman–Crippen MR) is 59.6 cm³/mol. The summed E-state index contributed by atoms with van der Waals surface area (Å²) in [6.45, 7) is 2.01. The first kappa shape index (κ1) is 14.1. The molecule has 9 nitrogen and oxygen atoms in total. The highest BCUT2D eigenvalue weighted by atomic mass is 16.4. The van der Waals surface area contributed by atoms with Gasteiger partial charge in [0.2, 0.25) is 0 Å². The average Bonchev–Trinajstić information content (AvgIpc) is 2.73. The minimum atomic E-state index is -1.39. The van der Waals surface area contributed by atoms with Gasteiger partial charge in [-0.1, -0.05) is 5.21 Å². The number of aliphatic hydroxyl groups excluding tert-OH is 1. The predicted octanol–water partition coefficient (Wildman–Crippen LogP) is -2.20. The van der Waals surface area contributed by atoms with Gasteiger partial charge in [-0.25, -0.2) is 4.79 Å². The minimum absolute atomic E-state index is 0.0321. The van der Waals surface area contributed by atoms with Gasteiger partial charge in [0.25, 0.3) is 5.91 Å². The van der Waals surface area contributed by atoms with E-state index in [0.717, 1.165) is 0 Å². The quantitative estimate of drug-likeness (QED) is 0.452. The number of hydrogen-bond acceptors (Lipinski definition) is 6. The number of nitrogens with two attached hydrogens (primary N) is 1. The van der Waals surface area contributed by atoms with Gasteiger partial charge in [0.15, 0.2) is 11.7 Å². The van der Waals surface area contributed by atoms with Gasteiger partial charge in [0.1, 0.15) is 0 Å². The number of carboxylic acid groups (broad SMARTS) is 1. The Morgan fingerprint density at radius 2 is 2.28 bits per heavy atom. The van der Waals surface area contributed by atoms with Crippen LogP contribution in [0.5, 0.6) is 0 Å². The topological polar surface area (TPSA) is 143 Å². The van der Waals surface area contributed by atoms with E-state index in [1.165, 1.54) is 17.8 Å². The van der Waals surface area contributed by atoms with Crippen LogP contribution in [0.3, 0.4) is 0 Å². The SMILES string of the molecule is C[C@@H](O)[C@H](NC(=O)c1cn(CCN)nn1)C(=O)O. The summed E-state index contributed by atoms with van der Waals surface area (Å²) in [4.78, 5) is 22.4. The number of carbonyl (C=O) groups excluding carboxylic acids is 1. The lowest BCUT2D eigenvalue weighted by Crippen LogP contribution is -2.47. The third-order valence-electron chi connectivity index (χ3n) is 2.16. The van der Waals surface area contributed by atoms with Crippen LogP contribution in [-0.4, -0.2) is 55.8 Å². The Morgan fingerprint density at radius 3 is 2.78 bits per heavy atom. The number of carbonyl (C=O) groups is 2. The fourth-order valence-corrected chi connectivity index (χ4v) is 1.25. The number of nitrogens with zero attached hydrogens (tertiary/aromatic N) is 3. The number of aliphatic carboxylic acids is 1. The molecule has 0 radical (unpaired) electrons. The molecule has 0 spiro atoms. The largest absolute Gasteiger partial charge is 0.480 e. The first-order valence-electron chi connectivity index (χ1n) is 5.27. The van der Waals surface area contributed by atoms with E-state index in [1.54, 1.807) is 0 Å². The highest BCUT2D eigenvalue weighted by molar-refractivity contribution is 5.94. The summed E-state index contributed by atoms with van der Waals surface area (Å²) in [6.07, 6.45) is 0.133. The van der Waals surface area contributed by atoms with Gasteiger partial charge in [0, 0.05) is 6.54 Å². The molecule has 0 unspecified atom stereocenters. The Morgan fingerprint density at radius 1 is 1.61 bits per heavy atom. The van der Waals surface area contributed by atoms with Crippen molar-refractivity contribution in [2.75, 3.05) is 6.54 Å². The lowest BCUT2D eigenvalue weighted by Gasteiger charge is -2.15. The molecule has 0 aliphatic carbocycles. The van der Waals surface area contributed by atoms with Crippen LogP contribution in [0.2, 0.25) is 0 Å². The molecule has 1 aromatic heterocycles. The molecule has 0 aliphatic heterocycles. The number of carboxylic acids is 1. The van der Waals surface area contributed by atoms with Gasteiger partial charge >= 0.3 is 5.97 Å². The number of rotatable bonds is 6. The summed E-state index contributed by atoms with van der Waals surface area (Å²) in [5, 5.41) is 27.4. The maximum absolute atomic E-state index is 11.6. The molecule has 5 N–H and O–H groups in total. The van der Waals surface area contributed by atoms with Gasteiger partial charge in [-0.05, 0) is 6.92 Å². The molecule has 1 aromatic rings. The Labute approximate surface area is 103 Å². The fraction of sp³-hybridized carbons (Fsp3) is 0.556. The number of amides is 1. The molecular formula is C9H15N5O4. The molecule has 2 atom stereocenters. The minimum Gasteiger partial charge on any atom is -0.480 e. The van der Waals surface area contributed by atoms with Crippen LogP contribution >= 0.6 is 0 Å². The van der Waals surface area contributed by atoms with Crippen molar-refractivity contribution in [2.45, 2.75) is 25.6 Å². The number of nitrogens with one attached hydrogen (secondary N) is 1. The number of aliphatic hydroxyl groups is 1. The van der Waals surface area contributed by atoms with Crippen molar-refractivity contribution < 1.29 is 19.8 Å². The Balaban J connectivity index is 2.71. The van der Waals surface area contributed by atoms with Gasteiger partial charge in [-0.3, -0.25) is 9.48 Å². The van der Waals surface area contributed by atoms with Crippen LogP contribution in [0.15, 0.2) is 6.20 Å². The molecule has 1 heterocycles. The maximum atomic E-state index is 11.6. The standard InChI is InChI=1S/C9H15N5O4/c1-5(15)7(9(17)18)11-8(16)6-4-14(3-2-10)13-12-6/h4-5,7,15H,2-3,10H2,1H3,(H,11,16)(H,17,18)/t5-,7+/m1/s1. The second-order valence-electron chi connectivity index (χ2n) is 3.69. The summed E-state index contributed by atoms with van der Waals surface area (Å²) in [5.41, 5.74) is 5.27. The zero-order valence-corrected chi connectivity index (χ0v) is 9.78. The molecular weight excluding hydrogens is 242 g/mol. The summed E-state index contributed by atoms with van der Waals surface area (Å²) >= 11 is 0. The van der Waals surface area contributed by atoms with Gasteiger partial charge in [0.05, 0.1) is 18.8 Å². The third kappa shape index (κ3) is 3.50. The summed E-state index contributed by atoms with van der Waals surface area (Å²) in [5.74, 6) is -2.04. The number of hydrogen-bond donors (Lipinski definition) is 4. The highest BCUT2D eigenvalue weighted by Gasteiger charge is 2.26. The van der Waals surface area contributed by atoms with Crippen molar-refractivity contribution in [3.63, 3.8) is 0 Å². The van der Waals surface area contributed by atoms with Crippen LogP contribution in [0.25, 0.3) is 0 Å². The first-order valence-corrected chi connectivity index (χ1v) is 5.27. The smallest absolute Gasteiger partial charge is 0.328 e. The summed E-state index contributed by atoms with van der Waals surface area (Å²) in [7, 11) is 0. The number of aromatic nitrogens is 3. The van der Waals surface area contributed by atoms with Crippen molar-refractivity contribution in [2.24, 2.45) is 5.73 Å². The Hall–Kier alpha value is -2.00. The van der Waals surface area contributed by atoms with Crippen molar-refractivity contribution >= 4 is 11.9 Å². The summed E-state index contributed by atoms with van der Waals surface area (Å²) < 4.78 is 1.37. The van der Waals surface area contributed by atoms with E-state index < -0.39 is 24.0 Å². The molecule has 18 heavy (non-hydrogen) atoms. The van der Waals surface area contributed by atoms with Crippen molar-refractivity contribution in [1.29, 1.82) is 0 Å². The van der Waals surface area contributed by atoms with Crippen LogP contribution < -0.4 is 11.1 Å². The first-order chi connectivity index (χ1) is 8.45. The molecule has 0 aliphatic rings. The van der Waals surface area contributed by atoms with Crippen molar-refractivity contribution in [1.82, 2.24) is 20.3 Å². The Kier molecular flexibility index (Phi) is 4.75. The normalized spacial score (nSPS) is 13.9. The van der Waals surface area contributed by atoms with Crippen LogP contribution in [0, 0.1) is 0 Å². The second kappa shape index (κ2) is 6.07. The van der Waals surface area contributed by atoms with E-state index >= 15 is 0 Å². The molecule has 1 amide bonds. The van der Waals surface area contributed by atoms with Crippen LogP contribution in [0.4, 0.5) is 0 Å². The third-order valence-corrected chi connectivity index (χ3v) is 2.16. The molecule has 0 fully saturated rings. The lowest BCUT2D eigenvalue weighted by atomic mass is 10.2. The van der Waals surface area contributed by atoms with E-state index in [1.807, 2.05) is 0 Å². The molecule has 0 bridgehead atoms. The van der Waals surface area contributed by atoms with E-state index in [2.05, 4.69) is 15.6 Å². The van der Waals surface area contributed by atoms with E-state index in [9.17, 15) is 14.7 Å². The van der Waals surface area contributed by atoms with Crippen LogP contribution in [-0.2, 0) is 11.3 Å². The van der Waals surface area contributed by atoms with Crippen molar-refractivity contribution in [3.05, 3.63) is 11.9 Å². The molecule has 0 saturated heterocycles. The summed E-state index contributed by atoms with van der Waals surface area (Å²) in [6, 6.07) is -1.39. The zero-order valence-electron chi connectivity index (χ0n) is 9.78. The van der Waals surface area contributed by atoms with Crippen LogP contribution in [0.1, 0.15) is 17.4 Å². The highest BCUT2D eigenvalue weighted by Crippen LogP contribution is 1.98. The maximum Gasteiger partial charge on any atom is 0.328 e. The van der Waals surface area contributed by atoms with Crippen molar-refractivity contribution in [3.8, 4) is 0 Å². The van der Waals surface area contributed by atoms with E-state index in [4.69, 9.17) is 10.8 Å². The average molecular weight is 257 g/mol. The van der Waals surface area contributed by atoms with Gasteiger partial charge in [-0.2, -0.15) is 0 Å². The fourth-order valence-electron chi connectivity index (χ4n) is 1.25. The van der Waals surface area contributed by atoms with Gasteiger partial charge in [-0.15, -0.1) is 5.10 Å². The second-order valence-corrected chi connectivity index (χ2v) is 3.69. The Bertz CT molecular complexity index is 430. The lowest BCUT2D eigenvalue weighted by molar-refractivity contribution is -0.141. The van der Waals surface area contributed by atoms with Gasteiger partial charge < -0.3 is 21.3 Å². The molecule has 100 valence electrons.